The molecule has 0 spiro atoms. The number of amides is 2. The van der Waals surface area contributed by atoms with Crippen LogP contribution in [0.25, 0.3) is 0 Å². The summed E-state index contributed by atoms with van der Waals surface area (Å²) >= 11 is 3.25. The Morgan fingerprint density at radius 3 is 2.27 bits per heavy atom. The fourth-order valence-corrected chi connectivity index (χ4v) is 2.72. The molecule has 4 N–H and O–H groups in total. The largest absolute Gasteiger partial charge is 0.352 e. The third-order valence-electron chi connectivity index (χ3n) is 3.32. The molecule has 10 heteroatoms. The Morgan fingerprint density at radius 1 is 1.04 bits per heavy atom. The van der Waals surface area contributed by atoms with Gasteiger partial charge in [0.15, 0.2) is 0 Å². The van der Waals surface area contributed by atoms with E-state index in [2.05, 4.69) is 31.5 Å². The van der Waals surface area contributed by atoms with Crippen molar-refractivity contribution < 1.29 is 18.0 Å². The SMILES string of the molecule is NS(=O)(=O)c1ccc(CNC(=O)CCC(=O)Nc2ccc(Br)cn2)cc1. The Kier molecular flexibility index (Phi) is 6.83. The second-order valence-electron chi connectivity index (χ2n) is 5.38. The van der Waals surface area contributed by atoms with Gasteiger partial charge in [-0.15, -0.1) is 0 Å². The van der Waals surface area contributed by atoms with E-state index in [1.54, 1.807) is 30.5 Å². The molecule has 0 aliphatic heterocycles. The van der Waals surface area contributed by atoms with E-state index in [9.17, 15) is 18.0 Å². The highest BCUT2D eigenvalue weighted by atomic mass is 79.9. The predicted molar refractivity (Wildman–Crippen MR) is 99.5 cm³/mol. The number of nitrogens with one attached hydrogen (secondary N) is 2. The summed E-state index contributed by atoms with van der Waals surface area (Å²) in [5.74, 6) is -0.194. The van der Waals surface area contributed by atoms with Gasteiger partial charge in [-0.1, -0.05) is 12.1 Å². The van der Waals surface area contributed by atoms with Gasteiger partial charge in [-0.05, 0) is 45.8 Å². The maximum atomic E-state index is 11.8. The molecule has 2 amide bonds. The minimum Gasteiger partial charge on any atom is -0.352 e. The first-order chi connectivity index (χ1) is 12.2. The predicted octanol–water partition coefficient (Wildman–Crippen LogP) is 1.53. The van der Waals surface area contributed by atoms with Crippen molar-refractivity contribution in [3.8, 4) is 0 Å². The molecule has 0 atom stereocenters. The molecular formula is C16H17BrN4O4S. The summed E-state index contributed by atoms with van der Waals surface area (Å²) in [7, 11) is -3.74. The number of halogens is 1. The number of nitrogens with two attached hydrogens (primary N) is 1. The summed E-state index contributed by atoms with van der Waals surface area (Å²) in [6, 6.07) is 9.26. The van der Waals surface area contributed by atoms with Gasteiger partial charge in [-0.25, -0.2) is 18.5 Å². The van der Waals surface area contributed by atoms with E-state index in [0.29, 0.717) is 11.4 Å². The molecule has 0 fully saturated rings. The number of anilines is 1. The summed E-state index contributed by atoms with van der Waals surface area (Å²) in [6.07, 6.45) is 1.61. The van der Waals surface area contributed by atoms with E-state index in [1.807, 2.05) is 0 Å². The molecular weight excluding hydrogens is 424 g/mol. The van der Waals surface area contributed by atoms with Crippen LogP contribution in [0.1, 0.15) is 18.4 Å². The Balaban J connectivity index is 1.74. The number of aromatic nitrogens is 1. The van der Waals surface area contributed by atoms with Crippen LogP contribution in [0.3, 0.4) is 0 Å². The van der Waals surface area contributed by atoms with Crippen LogP contribution in [-0.4, -0.2) is 25.2 Å². The van der Waals surface area contributed by atoms with Crippen LogP contribution in [-0.2, 0) is 26.2 Å². The van der Waals surface area contributed by atoms with Crippen molar-refractivity contribution in [1.82, 2.24) is 10.3 Å². The zero-order chi connectivity index (χ0) is 19.2. The number of benzene rings is 1. The number of rotatable bonds is 7. The van der Waals surface area contributed by atoms with Crippen molar-refractivity contribution in [3.05, 3.63) is 52.6 Å². The van der Waals surface area contributed by atoms with Crippen LogP contribution in [0.15, 0.2) is 52.0 Å². The summed E-state index contributed by atoms with van der Waals surface area (Å²) in [6.45, 7) is 0.222. The molecule has 0 aliphatic carbocycles. The highest BCUT2D eigenvalue weighted by Crippen LogP contribution is 2.11. The summed E-state index contributed by atoms with van der Waals surface area (Å²) in [5.41, 5.74) is 0.717. The highest BCUT2D eigenvalue weighted by molar-refractivity contribution is 9.10. The first kappa shape index (κ1) is 20.0. The van der Waals surface area contributed by atoms with Crippen molar-refractivity contribution in [2.75, 3.05) is 5.32 Å². The Labute approximate surface area is 159 Å². The lowest BCUT2D eigenvalue weighted by Crippen LogP contribution is -2.24. The molecule has 1 aromatic heterocycles. The fourth-order valence-electron chi connectivity index (χ4n) is 1.97. The van der Waals surface area contributed by atoms with Crippen molar-refractivity contribution in [1.29, 1.82) is 0 Å². The quantitative estimate of drug-likeness (QED) is 0.600. The Morgan fingerprint density at radius 2 is 1.69 bits per heavy atom. The third-order valence-corrected chi connectivity index (χ3v) is 4.71. The number of nitrogens with zero attached hydrogens (tertiary/aromatic N) is 1. The van der Waals surface area contributed by atoms with E-state index in [4.69, 9.17) is 5.14 Å². The zero-order valence-electron chi connectivity index (χ0n) is 13.6. The Hall–Kier alpha value is -2.30. The van der Waals surface area contributed by atoms with Crippen LogP contribution in [0, 0.1) is 0 Å². The van der Waals surface area contributed by atoms with Gasteiger partial charge in [-0.2, -0.15) is 0 Å². The highest BCUT2D eigenvalue weighted by Gasteiger charge is 2.09. The third kappa shape index (κ3) is 6.54. The Bertz CT molecular complexity index is 883. The molecule has 0 saturated heterocycles. The molecule has 138 valence electrons. The summed E-state index contributed by atoms with van der Waals surface area (Å²) < 4.78 is 23.1. The zero-order valence-corrected chi connectivity index (χ0v) is 16.0. The van der Waals surface area contributed by atoms with E-state index in [-0.39, 0.29) is 36.1 Å². The van der Waals surface area contributed by atoms with E-state index >= 15 is 0 Å². The minimum absolute atomic E-state index is 0.00537. The molecule has 2 rings (SSSR count). The van der Waals surface area contributed by atoms with Crippen molar-refractivity contribution in [2.45, 2.75) is 24.3 Å². The number of carbonyl (C=O) groups is 2. The lowest BCUT2D eigenvalue weighted by atomic mass is 10.2. The standard InChI is InChI=1S/C16H17BrN4O4S/c17-12-3-6-14(19-10-12)21-16(23)8-7-15(22)20-9-11-1-4-13(5-2-11)26(18,24)25/h1-6,10H,7-9H2,(H,20,22)(H2,18,24,25)(H,19,21,23). The number of sulfonamides is 1. The maximum Gasteiger partial charge on any atom is 0.238 e. The van der Waals surface area contributed by atoms with Gasteiger partial charge in [0.25, 0.3) is 0 Å². The molecule has 0 radical (unpaired) electrons. The number of hydrogen-bond acceptors (Lipinski definition) is 5. The first-order valence-corrected chi connectivity index (χ1v) is 9.88. The molecule has 1 aromatic carbocycles. The number of primary sulfonamides is 1. The topological polar surface area (TPSA) is 131 Å². The van der Waals surface area contributed by atoms with E-state index in [0.717, 1.165) is 4.47 Å². The van der Waals surface area contributed by atoms with Gasteiger partial charge < -0.3 is 10.6 Å². The van der Waals surface area contributed by atoms with Gasteiger partial charge in [0.05, 0.1) is 4.90 Å². The molecule has 0 bridgehead atoms. The molecule has 1 heterocycles. The molecule has 0 aliphatic rings. The van der Waals surface area contributed by atoms with Crippen LogP contribution in [0.5, 0.6) is 0 Å². The second kappa shape index (κ2) is 8.88. The number of hydrogen-bond donors (Lipinski definition) is 3. The van der Waals surface area contributed by atoms with Crippen molar-refractivity contribution in [3.63, 3.8) is 0 Å². The average Bonchev–Trinajstić information content (AvgIpc) is 2.60. The molecule has 0 unspecified atom stereocenters. The number of pyridine rings is 1. The normalized spacial score (nSPS) is 11.0. The van der Waals surface area contributed by atoms with Crippen molar-refractivity contribution >= 4 is 43.6 Å². The van der Waals surface area contributed by atoms with Gasteiger partial charge in [-0.3, -0.25) is 9.59 Å². The van der Waals surface area contributed by atoms with Gasteiger partial charge in [0.1, 0.15) is 5.82 Å². The smallest absolute Gasteiger partial charge is 0.238 e. The monoisotopic (exact) mass is 440 g/mol. The van der Waals surface area contributed by atoms with Gasteiger partial charge in [0.2, 0.25) is 21.8 Å². The second-order valence-corrected chi connectivity index (χ2v) is 7.85. The average molecular weight is 441 g/mol. The lowest BCUT2D eigenvalue weighted by Gasteiger charge is -2.07. The van der Waals surface area contributed by atoms with Crippen molar-refractivity contribution in [2.24, 2.45) is 5.14 Å². The summed E-state index contributed by atoms with van der Waals surface area (Å²) in [4.78, 5) is 27.6. The van der Waals surface area contributed by atoms with E-state index < -0.39 is 10.0 Å². The molecule has 8 nitrogen and oxygen atoms in total. The summed E-state index contributed by atoms with van der Waals surface area (Å²) in [5, 5.41) is 10.3. The van der Waals surface area contributed by atoms with Gasteiger partial charge >= 0.3 is 0 Å². The molecule has 26 heavy (non-hydrogen) atoms. The van der Waals surface area contributed by atoms with Crippen LogP contribution < -0.4 is 15.8 Å². The fraction of sp³-hybridized carbons (Fsp3) is 0.188. The first-order valence-electron chi connectivity index (χ1n) is 7.54. The lowest BCUT2D eigenvalue weighted by molar-refractivity contribution is -0.124. The van der Waals surface area contributed by atoms with E-state index in [1.165, 1.54) is 12.1 Å². The van der Waals surface area contributed by atoms with Crippen LogP contribution >= 0.6 is 15.9 Å². The molecule has 0 saturated carbocycles. The molecule has 2 aromatic rings. The van der Waals surface area contributed by atoms with Crippen LogP contribution in [0.4, 0.5) is 5.82 Å². The number of carbonyl (C=O) groups excluding carboxylic acids is 2. The van der Waals surface area contributed by atoms with Gasteiger partial charge in [0, 0.05) is 30.1 Å². The maximum absolute atomic E-state index is 11.8. The minimum atomic E-state index is -3.74. The van der Waals surface area contributed by atoms with Crippen LogP contribution in [0.2, 0.25) is 0 Å².